The molecule has 0 fully saturated rings. The second-order valence-electron chi connectivity index (χ2n) is 4.12. The molecule has 0 radical (unpaired) electrons. The third kappa shape index (κ3) is 3.19. The fourth-order valence-electron chi connectivity index (χ4n) is 1.99. The van der Waals surface area contributed by atoms with Gasteiger partial charge in [0.15, 0.2) is 0 Å². The first-order valence-corrected chi connectivity index (χ1v) is 7.06. The van der Waals surface area contributed by atoms with Crippen molar-refractivity contribution in [1.29, 1.82) is 0 Å². The Bertz CT molecular complexity index is 571. The number of aromatic nitrogens is 2. The number of nitrogens with zero attached hydrogens (tertiary/aromatic N) is 2. The van der Waals surface area contributed by atoms with Gasteiger partial charge in [0.1, 0.15) is 11.6 Å². The van der Waals surface area contributed by atoms with Gasteiger partial charge < -0.3 is 9.30 Å². The molecule has 0 bridgehead atoms. The van der Waals surface area contributed by atoms with Gasteiger partial charge in [-0.2, -0.15) is 0 Å². The Labute approximate surface area is 121 Å². The van der Waals surface area contributed by atoms with E-state index in [0.29, 0.717) is 18.7 Å². The Balaban J connectivity index is 2.31. The SMILES string of the molecule is CCOCCCn1c(CCl)nc2cc(F)c(Cl)cc21. The number of aryl methyl sites for hydroxylation is 1. The third-order valence-corrected chi connectivity index (χ3v) is 3.39. The summed E-state index contributed by atoms with van der Waals surface area (Å²) in [5.74, 6) is 0.534. The zero-order valence-electron chi connectivity index (χ0n) is 10.6. The van der Waals surface area contributed by atoms with Crippen molar-refractivity contribution in [3.63, 3.8) is 0 Å². The Morgan fingerprint density at radius 2 is 2.21 bits per heavy atom. The van der Waals surface area contributed by atoms with Crippen molar-refractivity contribution in [2.24, 2.45) is 0 Å². The Morgan fingerprint density at radius 3 is 2.89 bits per heavy atom. The van der Waals surface area contributed by atoms with Crippen LogP contribution in [0.4, 0.5) is 4.39 Å². The van der Waals surface area contributed by atoms with E-state index in [1.165, 1.54) is 6.07 Å². The number of fused-ring (bicyclic) bond motifs is 1. The van der Waals surface area contributed by atoms with E-state index in [4.69, 9.17) is 27.9 Å². The van der Waals surface area contributed by atoms with Gasteiger partial charge in [-0.25, -0.2) is 9.37 Å². The van der Waals surface area contributed by atoms with Crippen molar-refractivity contribution in [3.8, 4) is 0 Å². The molecule has 0 spiro atoms. The van der Waals surface area contributed by atoms with Gasteiger partial charge >= 0.3 is 0 Å². The molecule has 0 unspecified atom stereocenters. The predicted molar refractivity (Wildman–Crippen MR) is 75.4 cm³/mol. The zero-order valence-corrected chi connectivity index (χ0v) is 12.1. The topological polar surface area (TPSA) is 27.1 Å². The minimum Gasteiger partial charge on any atom is -0.382 e. The Morgan fingerprint density at radius 1 is 1.42 bits per heavy atom. The lowest BCUT2D eigenvalue weighted by Crippen LogP contribution is -2.05. The first-order valence-electron chi connectivity index (χ1n) is 6.15. The van der Waals surface area contributed by atoms with Crippen LogP contribution >= 0.6 is 23.2 Å². The number of halogens is 3. The minimum absolute atomic E-state index is 0.0968. The summed E-state index contributed by atoms with van der Waals surface area (Å²) in [6.45, 7) is 4.05. The fraction of sp³-hybridized carbons (Fsp3) is 0.462. The summed E-state index contributed by atoms with van der Waals surface area (Å²) in [6.07, 6.45) is 0.845. The van der Waals surface area contributed by atoms with Gasteiger partial charge in [-0.3, -0.25) is 0 Å². The third-order valence-electron chi connectivity index (χ3n) is 2.86. The summed E-state index contributed by atoms with van der Waals surface area (Å²) in [4.78, 5) is 4.32. The molecule has 6 heteroatoms. The van der Waals surface area contributed by atoms with E-state index in [0.717, 1.165) is 24.3 Å². The van der Waals surface area contributed by atoms with Crippen LogP contribution in [0.25, 0.3) is 11.0 Å². The summed E-state index contributed by atoms with van der Waals surface area (Å²) < 4.78 is 20.7. The van der Waals surface area contributed by atoms with Crippen molar-refractivity contribution in [2.75, 3.05) is 13.2 Å². The molecule has 0 amide bonds. The Hall–Kier alpha value is -0.840. The summed E-state index contributed by atoms with van der Waals surface area (Å²) >= 11 is 11.7. The molecular formula is C13H15Cl2FN2O. The van der Waals surface area contributed by atoms with Crippen LogP contribution in [0.3, 0.4) is 0 Å². The van der Waals surface area contributed by atoms with Crippen LogP contribution in [0.1, 0.15) is 19.2 Å². The van der Waals surface area contributed by atoms with Crippen molar-refractivity contribution in [1.82, 2.24) is 9.55 Å². The van der Waals surface area contributed by atoms with Crippen molar-refractivity contribution in [2.45, 2.75) is 25.8 Å². The molecule has 0 saturated carbocycles. The fourth-order valence-corrected chi connectivity index (χ4v) is 2.35. The van der Waals surface area contributed by atoms with E-state index in [1.54, 1.807) is 6.07 Å². The number of hydrogen-bond donors (Lipinski definition) is 0. The molecule has 1 heterocycles. The lowest BCUT2D eigenvalue weighted by atomic mass is 10.3. The molecule has 2 aromatic rings. The second kappa shape index (κ2) is 6.55. The molecule has 0 saturated heterocycles. The molecule has 3 nitrogen and oxygen atoms in total. The molecule has 1 aromatic carbocycles. The molecule has 2 rings (SSSR count). The molecule has 104 valence electrons. The molecule has 0 aliphatic rings. The molecule has 0 N–H and O–H groups in total. The Kier molecular flexibility index (Phi) is 5.02. The van der Waals surface area contributed by atoms with Crippen LogP contribution in [-0.2, 0) is 17.2 Å². The molecule has 0 atom stereocenters. The first kappa shape index (κ1) is 14.6. The van der Waals surface area contributed by atoms with Gasteiger partial charge in [0.05, 0.1) is 21.9 Å². The van der Waals surface area contributed by atoms with Gasteiger partial charge in [0, 0.05) is 25.8 Å². The molecule has 0 aliphatic carbocycles. The van der Waals surface area contributed by atoms with Gasteiger partial charge in [-0.1, -0.05) is 11.6 Å². The predicted octanol–water partition coefficient (Wildman–Crippen LogP) is 3.99. The van der Waals surface area contributed by atoms with E-state index in [1.807, 2.05) is 11.5 Å². The molecule has 1 aromatic heterocycles. The standard InChI is InChI=1S/C13H15Cl2FN2O/c1-2-19-5-3-4-18-12-6-9(15)10(16)7-11(12)17-13(18)8-14/h6-7H,2-5,8H2,1H3. The van der Waals surface area contributed by atoms with Crippen LogP contribution in [0.5, 0.6) is 0 Å². The number of alkyl halides is 1. The highest BCUT2D eigenvalue weighted by Gasteiger charge is 2.12. The number of imidazole rings is 1. The summed E-state index contributed by atoms with van der Waals surface area (Å²) in [7, 11) is 0. The van der Waals surface area contributed by atoms with Crippen LogP contribution in [-0.4, -0.2) is 22.8 Å². The van der Waals surface area contributed by atoms with Crippen LogP contribution in [0.2, 0.25) is 5.02 Å². The van der Waals surface area contributed by atoms with Gasteiger partial charge in [-0.05, 0) is 19.4 Å². The van der Waals surface area contributed by atoms with Crippen molar-refractivity contribution >= 4 is 34.2 Å². The van der Waals surface area contributed by atoms with E-state index in [9.17, 15) is 4.39 Å². The van der Waals surface area contributed by atoms with E-state index < -0.39 is 5.82 Å². The number of rotatable bonds is 6. The lowest BCUT2D eigenvalue weighted by molar-refractivity contribution is 0.142. The largest absolute Gasteiger partial charge is 0.382 e. The number of benzene rings is 1. The quantitative estimate of drug-likeness (QED) is 0.596. The van der Waals surface area contributed by atoms with E-state index >= 15 is 0 Å². The van der Waals surface area contributed by atoms with Crippen LogP contribution in [0.15, 0.2) is 12.1 Å². The highest BCUT2D eigenvalue weighted by molar-refractivity contribution is 6.31. The monoisotopic (exact) mass is 304 g/mol. The second-order valence-corrected chi connectivity index (χ2v) is 4.79. The smallest absolute Gasteiger partial charge is 0.144 e. The highest BCUT2D eigenvalue weighted by Crippen LogP contribution is 2.24. The molecule has 0 aliphatic heterocycles. The summed E-state index contributed by atoms with van der Waals surface area (Å²) in [6, 6.07) is 2.93. The highest BCUT2D eigenvalue weighted by atomic mass is 35.5. The van der Waals surface area contributed by atoms with Gasteiger partial charge in [0.25, 0.3) is 0 Å². The number of ether oxygens (including phenoxy) is 1. The first-order chi connectivity index (χ1) is 9.17. The molecule has 19 heavy (non-hydrogen) atoms. The van der Waals surface area contributed by atoms with Crippen molar-refractivity contribution in [3.05, 3.63) is 28.8 Å². The van der Waals surface area contributed by atoms with Gasteiger partial charge in [-0.15, -0.1) is 11.6 Å². The normalized spacial score (nSPS) is 11.4. The maximum Gasteiger partial charge on any atom is 0.144 e. The maximum absolute atomic E-state index is 13.4. The van der Waals surface area contributed by atoms with Crippen LogP contribution in [0, 0.1) is 5.82 Å². The maximum atomic E-state index is 13.4. The van der Waals surface area contributed by atoms with Crippen LogP contribution < -0.4 is 0 Å². The lowest BCUT2D eigenvalue weighted by Gasteiger charge is -2.08. The van der Waals surface area contributed by atoms with Gasteiger partial charge in [0.2, 0.25) is 0 Å². The summed E-state index contributed by atoms with van der Waals surface area (Å²) in [5, 5.41) is 0.0968. The average Bonchev–Trinajstić information content (AvgIpc) is 2.73. The average molecular weight is 305 g/mol. The van der Waals surface area contributed by atoms with Crippen molar-refractivity contribution < 1.29 is 9.13 Å². The zero-order chi connectivity index (χ0) is 13.8. The number of hydrogen-bond acceptors (Lipinski definition) is 2. The van der Waals surface area contributed by atoms with E-state index in [-0.39, 0.29) is 10.9 Å². The summed E-state index contributed by atoms with van der Waals surface area (Å²) in [5.41, 5.74) is 1.38. The molecular weight excluding hydrogens is 290 g/mol. The van der Waals surface area contributed by atoms with E-state index in [2.05, 4.69) is 4.98 Å². The minimum atomic E-state index is -0.464.